The molecule has 8 heteroatoms. The predicted octanol–water partition coefficient (Wildman–Crippen LogP) is 3.33. The first-order valence-electron chi connectivity index (χ1n) is 7.19. The normalized spacial score (nSPS) is 18.3. The first-order chi connectivity index (χ1) is 11.0. The van der Waals surface area contributed by atoms with E-state index in [9.17, 15) is 13.6 Å². The Bertz CT molecular complexity index is 750. The summed E-state index contributed by atoms with van der Waals surface area (Å²) >= 11 is 5.88. The molecule has 1 aromatic heterocycles. The second-order valence-corrected chi connectivity index (χ2v) is 5.92. The van der Waals surface area contributed by atoms with Gasteiger partial charge in [0.15, 0.2) is 17.5 Å². The molecule has 5 nitrogen and oxygen atoms in total. The van der Waals surface area contributed by atoms with E-state index in [0.717, 1.165) is 25.0 Å². The molecular formula is C15H14ClF2N3O2. The van der Waals surface area contributed by atoms with Crippen LogP contribution in [0.2, 0.25) is 5.02 Å². The van der Waals surface area contributed by atoms with Crippen LogP contribution < -0.4 is 0 Å². The van der Waals surface area contributed by atoms with Gasteiger partial charge in [-0.2, -0.15) is 4.98 Å². The van der Waals surface area contributed by atoms with Crippen LogP contribution in [-0.2, 0) is 0 Å². The SMILES string of the molecule is Cc1noc([C@H]2CCCN(C(=O)c3cc(F)c(F)cc3Cl)C2)n1. The molecule has 1 aliphatic heterocycles. The first-order valence-corrected chi connectivity index (χ1v) is 7.57. The Morgan fingerprint density at radius 2 is 2.13 bits per heavy atom. The molecule has 23 heavy (non-hydrogen) atoms. The predicted molar refractivity (Wildman–Crippen MR) is 78.3 cm³/mol. The smallest absolute Gasteiger partial charge is 0.255 e. The van der Waals surface area contributed by atoms with Crippen molar-refractivity contribution in [1.29, 1.82) is 0 Å². The van der Waals surface area contributed by atoms with Gasteiger partial charge in [0, 0.05) is 13.1 Å². The summed E-state index contributed by atoms with van der Waals surface area (Å²) in [6.45, 7) is 2.60. The molecule has 0 N–H and O–H groups in total. The molecular weight excluding hydrogens is 328 g/mol. The van der Waals surface area contributed by atoms with Crippen molar-refractivity contribution < 1.29 is 18.1 Å². The number of hydrogen-bond donors (Lipinski definition) is 0. The number of nitrogens with zero attached hydrogens (tertiary/aromatic N) is 3. The van der Waals surface area contributed by atoms with Crippen molar-refractivity contribution in [2.24, 2.45) is 0 Å². The van der Waals surface area contributed by atoms with Gasteiger partial charge in [-0.1, -0.05) is 16.8 Å². The molecule has 0 aliphatic carbocycles. The summed E-state index contributed by atoms with van der Waals surface area (Å²) in [5.41, 5.74) is -0.0482. The fourth-order valence-corrected chi connectivity index (χ4v) is 2.93. The van der Waals surface area contributed by atoms with Gasteiger partial charge in [-0.15, -0.1) is 0 Å². The van der Waals surface area contributed by atoms with Crippen LogP contribution in [0.1, 0.15) is 40.8 Å². The van der Waals surface area contributed by atoms with E-state index in [4.69, 9.17) is 16.1 Å². The van der Waals surface area contributed by atoms with Crippen molar-refractivity contribution in [2.45, 2.75) is 25.7 Å². The van der Waals surface area contributed by atoms with Gasteiger partial charge >= 0.3 is 0 Å². The number of aryl methyl sites for hydroxylation is 1. The van der Waals surface area contributed by atoms with Crippen LogP contribution in [-0.4, -0.2) is 34.0 Å². The fraction of sp³-hybridized carbons (Fsp3) is 0.400. The number of benzene rings is 1. The minimum Gasteiger partial charge on any atom is -0.339 e. The summed E-state index contributed by atoms with van der Waals surface area (Å²) in [7, 11) is 0. The average Bonchev–Trinajstić information content (AvgIpc) is 2.97. The van der Waals surface area contributed by atoms with E-state index >= 15 is 0 Å². The second-order valence-electron chi connectivity index (χ2n) is 5.52. The molecule has 3 rings (SSSR count). The largest absolute Gasteiger partial charge is 0.339 e. The van der Waals surface area contributed by atoms with Gasteiger partial charge in [0.1, 0.15) is 0 Å². The summed E-state index contributed by atoms with van der Waals surface area (Å²) in [5.74, 6) is -1.67. The van der Waals surface area contributed by atoms with Gasteiger partial charge in [0.25, 0.3) is 5.91 Å². The maximum Gasteiger partial charge on any atom is 0.255 e. The topological polar surface area (TPSA) is 59.2 Å². The minimum atomic E-state index is -1.10. The molecule has 1 aliphatic rings. The van der Waals surface area contributed by atoms with E-state index in [0.29, 0.717) is 24.8 Å². The lowest BCUT2D eigenvalue weighted by molar-refractivity contribution is 0.0695. The van der Waals surface area contributed by atoms with Crippen molar-refractivity contribution in [2.75, 3.05) is 13.1 Å². The molecule has 0 radical (unpaired) electrons. The molecule has 0 saturated carbocycles. The Morgan fingerprint density at radius 3 is 2.83 bits per heavy atom. The molecule has 2 aromatic rings. The quantitative estimate of drug-likeness (QED) is 0.786. The number of halogens is 3. The number of carbonyl (C=O) groups excluding carboxylic acids is 1. The van der Waals surface area contributed by atoms with Crippen molar-refractivity contribution in [3.05, 3.63) is 46.1 Å². The minimum absolute atomic E-state index is 0.0482. The van der Waals surface area contributed by atoms with E-state index in [2.05, 4.69) is 10.1 Å². The highest BCUT2D eigenvalue weighted by Gasteiger charge is 2.30. The molecule has 0 unspecified atom stereocenters. The molecule has 0 bridgehead atoms. The zero-order chi connectivity index (χ0) is 16.6. The van der Waals surface area contributed by atoms with Gasteiger partial charge in [-0.05, 0) is 31.9 Å². The molecule has 1 fully saturated rings. The molecule has 1 aromatic carbocycles. The standard InChI is InChI=1S/C15H14ClF2N3O2/c1-8-19-14(23-20-8)9-3-2-4-21(7-9)15(22)10-5-12(17)13(18)6-11(10)16/h5-6,9H,2-4,7H2,1H3/t9-/m0/s1. The number of piperidine rings is 1. The van der Waals surface area contributed by atoms with Crippen molar-refractivity contribution >= 4 is 17.5 Å². The van der Waals surface area contributed by atoms with Gasteiger partial charge in [-0.25, -0.2) is 8.78 Å². The average molecular weight is 342 g/mol. The van der Waals surface area contributed by atoms with Crippen molar-refractivity contribution in [3.8, 4) is 0 Å². The van der Waals surface area contributed by atoms with Crippen LogP contribution in [0.25, 0.3) is 0 Å². The van der Waals surface area contributed by atoms with Gasteiger partial charge in [0.05, 0.1) is 16.5 Å². The highest BCUT2D eigenvalue weighted by molar-refractivity contribution is 6.33. The highest BCUT2D eigenvalue weighted by atomic mass is 35.5. The summed E-state index contributed by atoms with van der Waals surface area (Å²) in [6.07, 6.45) is 1.57. The van der Waals surface area contributed by atoms with E-state index in [1.165, 1.54) is 0 Å². The summed E-state index contributed by atoms with van der Waals surface area (Å²) in [4.78, 5) is 18.3. The third-order valence-corrected chi connectivity index (χ3v) is 4.15. The summed E-state index contributed by atoms with van der Waals surface area (Å²) < 4.78 is 31.7. The number of hydrogen-bond acceptors (Lipinski definition) is 4. The Balaban J connectivity index is 1.81. The maximum atomic E-state index is 13.4. The number of likely N-dealkylation sites (tertiary alicyclic amines) is 1. The van der Waals surface area contributed by atoms with Gasteiger partial charge in [0.2, 0.25) is 5.89 Å². The van der Waals surface area contributed by atoms with Crippen molar-refractivity contribution in [1.82, 2.24) is 15.0 Å². The van der Waals surface area contributed by atoms with Gasteiger partial charge in [-0.3, -0.25) is 4.79 Å². The zero-order valence-electron chi connectivity index (χ0n) is 12.4. The fourth-order valence-electron chi connectivity index (χ4n) is 2.70. The number of carbonyl (C=O) groups is 1. The Labute approximate surface area is 136 Å². The molecule has 1 amide bonds. The van der Waals surface area contributed by atoms with E-state index in [1.807, 2.05) is 0 Å². The molecule has 1 saturated heterocycles. The third-order valence-electron chi connectivity index (χ3n) is 3.84. The Kier molecular flexibility index (Phi) is 4.30. The van der Waals surface area contributed by atoms with E-state index in [-0.39, 0.29) is 16.5 Å². The van der Waals surface area contributed by atoms with Crippen LogP contribution in [0, 0.1) is 18.6 Å². The number of rotatable bonds is 2. The first kappa shape index (κ1) is 15.9. The summed E-state index contributed by atoms with van der Waals surface area (Å²) in [6, 6.07) is 1.65. The van der Waals surface area contributed by atoms with Gasteiger partial charge < -0.3 is 9.42 Å². The van der Waals surface area contributed by atoms with E-state index in [1.54, 1.807) is 11.8 Å². The number of amides is 1. The van der Waals surface area contributed by atoms with Crippen molar-refractivity contribution in [3.63, 3.8) is 0 Å². The highest BCUT2D eigenvalue weighted by Crippen LogP contribution is 2.28. The second kappa shape index (κ2) is 6.23. The van der Waals surface area contributed by atoms with Crippen LogP contribution in [0.5, 0.6) is 0 Å². The van der Waals surface area contributed by atoms with Crippen LogP contribution >= 0.6 is 11.6 Å². The lowest BCUT2D eigenvalue weighted by Crippen LogP contribution is -2.39. The Morgan fingerprint density at radius 1 is 1.39 bits per heavy atom. The molecule has 1 atom stereocenters. The van der Waals surface area contributed by atoms with Crippen LogP contribution in [0.3, 0.4) is 0 Å². The monoisotopic (exact) mass is 341 g/mol. The third kappa shape index (κ3) is 3.19. The maximum absolute atomic E-state index is 13.4. The molecule has 2 heterocycles. The number of aromatic nitrogens is 2. The molecule has 0 spiro atoms. The lowest BCUT2D eigenvalue weighted by Gasteiger charge is -2.31. The van der Waals surface area contributed by atoms with E-state index < -0.39 is 17.5 Å². The Hall–Kier alpha value is -2.02. The summed E-state index contributed by atoms with van der Waals surface area (Å²) in [5, 5.41) is 3.65. The molecule has 122 valence electrons. The zero-order valence-corrected chi connectivity index (χ0v) is 13.1. The lowest BCUT2D eigenvalue weighted by atomic mass is 9.97. The van der Waals surface area contributed by atoms with Crippen LogP contribution in [0.15, 0.2) is 16.7 Å². The van der Waals surface area contributed by atoms with Crippen LogP contribution in [0.4, 0.5) is 8.78 Å².